The summed E-state index contributed by atoms with van der Waals surface area (Å²) >= 11 is 0. The molecule has 1 aliphatic heterocycles. The number of hydrogen-bond donors (Lipinski definition) is 1. The Morgan fingerprint density at radius 2 is 1.33 bits per heavy atom. The third-order valence-corrected chi connectivity index (χ3v) is 4.82. The highest BCUT2D eigenvalue weighted by Crippen LogP contribution is 2.47. The Morgan fingerprint density at radius 3 is 1.89 bits per heavy atom. The van der Waals surface area contributed by atoms with Crippen LogP contribution in [-0.2, 0) is 9.59 Å². The van der Waals surface area contributed by atoms with Crippen molar-refractivity contribution in [2.75, 3.05) is 5.32 Å². The molecule has 1 aliphatic rings. The fourth-order valence-corrected chi connectivity index (χ4v) is 3.62. The maximum Gasteiger partial charge on any atom is 0.235 e. The lowest BCUT2D eigenvalue weighted by molar-refractivity contribution is -0.130. The van der Waals surface area contributed by atoms with Crippen LogP contribution in [0.15, 0.2) is 78.9 Å². The van der Waals surface area contributed by atoms with E-state index in [9.17, 15) is 9.59 Å². The van der Waals surface area contributed by atoms with Gasteiger partial charge in [-0.1, -0.05) is 54.6 Å². The number of nitrogens with one attached hydrogen (secondary N) is 1. The number of Topliss-reactive ketones (excluding diaryl/α,β-unsaturated/α-hetero) is 1. The molecule has 1 heterocycles. The SMILES string of the molecule is CC(=O)C(C(=O)Nc1ccccc1)C1c2ccccc2Oc2ccccc21. The molecule has 0 fully saturated rings. The van der Waals surface area contributed by atoms with Crippen LogP contribution >= 0.6 is 0 Å². The van der Waals surface area contributed by atoms with Crippen LogP contribution in [0.25, 0.3) is 0 Å². The van der Waals surface area contributed by atoms with Gasteiger partial charge in [-0.3, -0.25) is 9.59 Å². The first-order chi connectivity index (χ1) is 13.1. The van der Waals surface area contributed by atoms with E-state index in [2.05, 4.69) is 5.32 Å². The van der Waals surface area contributed by atoms with E-state index in [1.165, 1.54) is 6.92 Å². The number of anilines is 1. The number of benzene rings is 3. The molecule has 3 aromatic rings. The predicted octanol–water partition coefficient (Wildman–Crippen LogP) is 4.77. The van der Waals surface area contributed by atoms with Crippen molar-refractivity contribution in [1.82, 2.24) is 0 Å². The Bertz CT molecular complexity index is 952. The van der Waals surface area contributed by atoms with Crippen molar-refractivity contribution in [1.29, 1.82) is 0 Å². The lowest BCUT2D eigenvalue weighted by Crippen LogP contribution is -2.35. The fourth-order valence-electron chi connectivity index (χ4n) is 3.62. The second-order valence-corrected chi connectivity index (χ2v) is 6.60. The molecule has 0 aliphatic carbocycles. The van der Waals surface area contributed by atoms with E-state index in [0.29, 0.717) is 17.2 Å². The summed E-state index contributed by atoms with van der Waals surface area (Å²) in [5, 5.41) is 2.88. The van der Waals surface area contributed by atoms with Gasteiger partial charge < -0.3 is 10.1 Å². The van der Waals surface area contributed by atoms with E-state index in [4.69, 9.17) is 4.74 Å². The molecular weight excluding hydrogens is 338 g/mol. The van der Waals surface area contributed by atoms with E-state index in [-0.39, 0.29) is 11.7 Å². The number of carbonyl (C=O) groups excluding carboxylic acids is 2. The van der Waals surface area contributed by atoms with Gasteiger partial charge in [-0.2, -0.15) is 0 Å². The van der Waals surface area contributed by atoms with Crippen LogP contribution in [0.2, 0.25) is 0 Å². The molecule has 0 bridgehead atoms. The zero-order chi connectivity index (χ0) is 18.8. The molecule has 1 unspecified atom stereocenters. The zero-order valence-corrected chi connectivity index (χ0v) is 14.9. The number of rotatable bonds is 4. The van der Waals surface area contributed by atoms with Crippen molar-refractivity contribution in [2.45, 2.75) is 12.8 Å². The standard InChI is InChI=1S/C23H19NO3/c1-15(25)21(23(26)24-16-9-3-2-4-10-16)22-17-11-5-7-13-19(17)27-20-14-8-6-12-18(20)22/h2-14,21-22H,1H3,(H,24,26). The van der Waals surface area contributed by atoms with E-state index in [1.807, 2.05) is 66.7 Å². The Hall–Kier alpha value is -3.40. The maximum atomic E-state index is 13.1. The zero-order valence-electron chi connectivity index (χ0n) is 14.9. The van der Waals surface area contributed by atoms with Crippen LogP contribution in [-0.4, -0.2) is 11.7 Å². The minimum atomic E-state index is -0.851. The molecule has 0 saturated heterocycles. The van der Waals surface area contributed by atoms with Gasteiger partial charge in [0.05, 0.1) is 0 Å². The number of ketones is 1. The van der Waals surface area contributed by atoms with Gasteiger partial charge in [0.2, 0.25) is 5.91 Å². The second-order valence-electron chi connectivity index (χ2n) is 6.60. The first kappa shape index (κ1) is 17.0. The van der Waals surface area contributed by atoms with Crippen molar-refractivity contribution >= 4 is 17.4 Å². The Labute approximate surface area is 157 Å². The third kappa shape index (κ3) is 3.22. The number of ether oxygens (including phenoxy) is 1. The van der Waals surface area contributed by atoms with Crippen molar-refractivity contribution < 1.29 is 14.3 Å². The van der Waals surface area contributed by atoms with Crippen LogP contribution in [0, 0.1) is 5.92 Å². The molecule has 0 radical (unpaired) electrons. The molecular formula is C23H19NO3. The molecule has 4 heteroatoms. The van der Waals surface area contributed by atoms with Gasteiger partial charge in [0.15, 0.2) is 0 Å². The van der Waals surface area contributed by atoms with E-state index < -0.39 is 11.8 Å². The Balaban J connectivity index is 1.79. The van der Waals surface area contributed by atoms with Crippen LogP contribution in [0.5, 0.6) is 11.5 Å². The number of fused-ring (bicyclic) bond motifs is 2. The van der Waals surface area contributed by atoms with Gasteiger partial charge in [-0.05, 0) is 31.2 Å². The molecule has 1 atom stereocenters. The summed E-state index contributed by atoms with van der Waals surface area (Å²) in [6.45, 7) is 1.47. The Morgan fingerprint density at radius 1 is 0.815 bits per heavy atom. The summed E-state index contributed by atoms with van der Waals surface area (Å²) in [6, 6.07) is 24.3. The number of para-hydroxylation sites is 3. The van der Waals surface area contributed by atoms with Crippen LogP contribution in [0.1, 0.15) is 24.0 Å². The minimum absolute atomic E-state index is 0.181. The number of carbonyl (C=O) groups is 2. The first-order valence-corrected chi connectivity index (χ1v) is 8.87. The number of hydrogen-bond acceptors (Lipinski definition) is 3. The summed E-state index contributed by atoms with van der Waals surface area (Å²) in [5.74, 6) is -0.381. The number of amides is 1. The van der Waals surface area contributed by atoms with E-state index in [1.54, 1.807) is 12.1 Å². The summed E-state index contributed by atoms with van der Waals surface area (Å²) in [5.41, 5.74) is 2.36. The Kier molecular flexibility index (Phi) is 4.47. The molecule has 1 N–H and O–H groups in total. The lowest BCUT2D eigenvalue weighted by atomic mass is 9.76. The van der Waals surface area contributed by atoms with Gasteiger partial charge in [0, 0.05) is 22.7 Å². The molecule has 0 saturated carbocycles. The summed E-state index contributed by atoms with van der Waals surface area (Å²) < 4.78 is 5.99. The lowest BCUT2D eigenvalue weighted by Gasteiger charge is -2.32. The molecule has 0 spiro atoms. The van der Waals surface area contributed by atoms with Gasteiger partial charge in [0.25, 0.3) is 0 Å². The smallest absolute Gasteiger partial charge is 0.235 e. The summed E-state index contributed by atoms with van der Waals surface area (Å²) in [4.78, 5) is 25.7. The normalized spacial score (nSPS) is 13.7. The van der Waals surface area contributed by atoms with Gasteiger partial charge in [-0.25, -0.2) is 0 Å². The molecule has 4 rings (SSSR count). The maximum absolute atomic E-state index is 13.1. The largest absolute Gasteiger partial charge is 0.457 e. The van der Waals surface area contributed by atoms with Crippen molar-refractivity contribution in [3.8, 4) is 11.5 Å². The minimum Gasteiger partial charge on any atom is -0.457 e. The molecule has 4 nitrogen and oxygen atoms in total. The predicted molar refractivity (Wildman–Crippen MR) is 104 cm³/mol. The van der Waals surface area contributed by atoms with Gasteiger partial charge >= 0.3 is 0 Å². The summed E-state index contributed by atoms with van der Waals surface area (Å²) in [6.07, 6.45) is 0. The topological polar surface area (TPSA) is 55.4 Å². The monoisotopic (exact) mass is 357 g/mol. The van der Waals surface area contributed by atoms with Gasteiger partial charge in [0.1, 0.15) is 23.2 Å². The van der Waals surface area contributed by atoms with Crippen LogP contribution in [0.3, 0.4) is 0 Å². The van der Waals surface area contributed by atoms with Crippen molar-refractivity contribution in [3.05, 3.63) is 90.0 Å². The highest BCUT2D eigenvalue weighted by Gasteiger charge is 2.39. The average molecular weight is 357 g/mol. The second kappa shape index (κ2) is 7.08. The highest BCUT2D eigenvalue weighted by molar-refractivity contribution is 6.08. The molecule has 134 valence electrons. The molecule has 3 aromatic carbocycles. The summed E-state index contributed by atoms with van der Waals surface area (Å²) in [7, 11) is 0. The molecule has 27 heavy (non-hydrogen) atoms. The first-order valence-electron chi connectivity index (χ1n) is 8.87. The van der Waals surface area contributed by atoms with Crippen molar-refractivity contribution in [3.63, 3.8) is 0 Å². The van der Waals surface area contributed by atoms with Gasteiger partial charge in [-0.15, -0.1) is 0 Å². The van der Waals surface area contributed by atoms with Crippen molar-refractivity contribution in [2.24, 2.45) is 5.92 Å². The fraction of sp³-hybridized carbons (Fsp3) is 0.130. The molecule has 0 aromatic heterocycles. The van der Waals surface area contributed by atoms with E-state index in [0.717, 1.165) is 11.1 Å². The quantitative estimate of drug-likeness (QED) is 0.685. The third-order valence-electron chi connectivity index (χ3n) is 4.82. The highest BCUT2D eigenvalue weighted by atomic mass is 16.5. The van der Waals surface area contributed by atoms with Crippen LogP contribution in [0.4, 0.5) is 5.69 Å². The molecule has 1 amide bonds. The van der Waals surface area contributed by atoms with Crippen LogP contribution < -0.4 is 10.1 Å². The van der Waals surface area contributed by atoms with E-state index >= 15 is 0 Å². The average Bonchev–Trinajstić information content (AvgIpc) is 2.68.